The molecule has 3 atom stereocenters. The van der Waals surface area contributed by atoms with Crippen LogP contribution in [0, 0.1) is 5.92 Å². The zero-order valence-corrected chi connectivity index (χ0v) is 19.2. The summed E-state index contributed by atoms with van der Waals surface area (Å²) in [7, 11) is -5.74. The van der Waals surface area contributed by atoms with E-state index in [-0.39, 0.29) is 29.2 Å². The average Bonchev–Trinajstić information content (AvgIpc) is 2.66. The van der Waals surface area contributed by atoms with Crippen LogP contribution in [0.5, 0.6) is 5.75 Å². The molecule has 1 heterocycles. The third-order valence-electron chi connectivity index (χ3n) is 6.93. The number of halogens is 3. The molecule has 0 spiro atoms. The van der Waals surface area contributed by atoms with E-state index >= 15 is 0 Å². The summed E-state index contributed by atoms with van der Waals surface area (Å²) in [6, 6.07) is 4.30. The molecule has 10 heteroatoms. The number of hydrogen-bond acceptors (Lipinski definition) is 5. The summed E-state index contributed by atoms with van der Waals surface area (Å²) >= 11 is 0. The van der Waals surface area contributed by atoms with Gasteiger partial charge < -0.3 is 13.8 Å². The van der Waals surface area contributed by atoms with Crippen molar-refractivity contribution < 1.29 is 35.3 Å². The summed E-state index contributed by atoms with van der Waals surface area (Å²) in [5, 5.41) is 0. The van der Waals surface area contributed by atoms with Gasteiger partial charge in [-0.1, -0.05) is 18.9 Å². The molecule has 0 aromatic heterocycles. The van der Waals surface area contributed by atoms with Gasteiger partial charge in [-0.05, 0) is 75.6 Å². The Morgan fingerprint density at radius 1 is 1.16 bits per heavy atom. The van der Waals surface area contributed by atoms with Gasteiger partial charge in [0.2, 0.25) is 0 Å². The van der Waals surface area contributed by atoms with Crippen LogP contribution in [-0.2, 0) is 26.7 Å². The van der Waals surface area contributed by atoms with Crippen LogP contribution in [0.1, 0.15) is 64.0 Å². The number of carbonyl (C=O) groups is 1. The van der Waals surface area contributed by atoms with Crippen molar-refractivity contribution in [1.82, 2.24) is 4.90 Å². The molecule has 2 fully saturated rings. The molecule has 2 aliphatic carbocycles. The molecule has 1 saturated carbocycles. The molecule has 178 valence electrons. The highest BCUT2D eigenvalue weighted by atomic mass is 32.2. The van der Waals surface area contributed by atoms with Gasteiger partial charge in [-0.25, -0.2) is 4.79 Å². The van der Waals surface area contributed by atoms with Gasteiger partial charge in [-0.15, -0.1) is 0 Å². The van der Waals surface area contributed by atoms with E-state index in [0.29, 0.717) is 19.4 Å². The highest BCUT2D eigenvalue weighted by Gasteiger charge is 2.55. The second kappa shape index (κ2) is 7.53. The molecule has 1 aromatic rings. The molecule has 0 radical (unpaired) electrons. The van der Waals surface area contributed by atoms with Crippen LogP contribution in [0.3, 0.4) is 0 Å². The van der Waals surface area contributed by atoms with Crippen molar-refractivity contribution in [3.8, 4) is 5.75 Å². The molecule has 1 aromatic carbocycles. The minimum atomic E-state index is -5.74. The van der Waals surface area contributed by atoms with Gasteiger partial charge in [0, 0.05) is 18.0 Å². The lowest BCUT2D eigenvalue weighted by atomic mass is 9.52. The second-order valence-corrected chi connectivity index (χ2v) is 11.5. The number of ether oxygens (including phenoxy) is 1. The van der Waals surface area contributed by atoms with Gasteiger partial charge in [0.15, 0.2) is 0 Å². The topological polar surface area (TPSA) is 72.9 Å². The number of piperidine rings is 1. The lowest BCUT2D eigenvalue weighted by Gasteiger charge is -2.58. The quantitative estimate of drug-likeness (QED) is 0.449. The number of nitrogens with zero attached hydrogens (tertiary/aromatic N) is 1. The lowest BCUT2D eigenvalue weighted by molar-refractivity contribution is -0.0500. The van der Waals surface area contributed by atoms with Crippen molar-refractivity contribution in [2.75, 3.05) is 6.54 Å². The molecule has 1 amide bonds. The first kappa shape index (κ1) is 23.2. The Balaban J connectivity index is 1.70. The van der Waals surface area contributed by atoms with Crippen LogP contribution in [0.15, 0.2) is 18.2 Å². The molecule has 3 aliphatic rings. The second-order valence-electron chi connectivity index (χ2n) is 10.0. The van der Waals surface area contributed by atoms with E-state index in [1.165, 1.54) is 12.1 Å². The molecule has 2 bridgehead atoms. The van der Waals surface area contributed by atoms with Crippen molar-refractivity contribution in [2.24, 2.45) is 5.92 Å². The molecular formula is C22H28F3NO5S. The first-order valence-electron chi connectivity index (χ1n) is 10.9. The maximum atomic E-state index is 12.9. The monoisotopic (exact) mass is 475 g/mol. The summed E-state index contributed by atoms with van der Waals surface area (Å²) in [5.74, 6) is -0.188. The molecule has 1 saturated heterocycles. The predicted octanol–water partition coefficient (Wildman–Crippen LogP) is 4.91. The van der Waals surface area contributed by atoms with Gasteiger partial charge in [0.1, 0.15) is 11.4 Å². The maximum Gasteiger partial charge on any atom is 0.534 e. The molecule has 4 rings (SSSR count). The van der Waals surface area contributed by atoms with Gasteiger partial charge >= 0.3 is 21.7 Å². The highest BCUT2D eigenvalue weighted by molar-refractivity contribution is 7.88. The first-order valence-corrected chi connectivity index (χ1v) is 12.3. The zero-order chi connectivity index (χ0) is 23.5. The Labute approximate surface area is 186 Å². The third-order valence-corrected chi connectivity index (χ3v) is 7.90. The Morgan fingerprint density at radius 2 is 1.88 bits per heavy atom. The van der Waals surface area contributed by atoms with E-state index in [1.807, 2.05) is 20.8 Å². The van der Waals surface area contributed by atoms with Crippen LogP contribution >= 0.6 is 0 Å². The third kappa shape index (κ3) is 3.95. The van der Waals surface area contributed by atoms with Crippen LogP contribution < -0.4 is 4.18 Å². The van der Waals surface area contributed by atoms with Crippen molar-refractivity contribution in [1.29, 1.82) is 0 Å². The predicted molar refractivity (Wildman–Crippen MR) is 111 cm³/mol. The Hall–Kier alpha value is -1.97. The standard InChI is InChI=1S/C22H28F3NO5S/c1-20(2,3)30-19(27)26-11-10-21-9-5-4-6-16(21)18(26)12-14-7-8-15(13-17(14)21)31-32(28,29)22(23,24)25/h7-8,13,16,18H,4-6,9-12H2,1-3H3. The van der Waals surface area contributed by atoms with E-state index in [9.17, 15) is 26.4 Å². The highest BCUT2D eigenvalue weighted by Crippen LogP contribution is 2.56. The molecule has 3 unspecified atom stereocenters. The number of fused-ring (bicyclic) bond motifs is 1. The number of carbonyl (C=O) groups excluding carboxylic acids is 1. The largest absolute Gasteiger partial charge is 0.534 e. The van der Waals surface area contributed by atoms with Crippen molar-refractivity contribution in [3.63, 3.8) is 0 Å². The molecular weight excluding hydrogens is 447 g/mol. The lowest BCUT2D eigenvalue weighted by Crippen LogP contribution is -2.62. The van der Waals surface area contributed by atoms with E-state index in [1.54, 1.807) is 11.0 Å². The summed E-state index contributed by atoms with van der Waals surface area (Å²) in [6.45, 7) is 5.97. The first-order chi connectivity index (χ1) is 14.7. The maximum absolute atomic E-state index is 12.9. The van der Waals surface area contributed by atoms with Gasteiger partial charge in [0.25, 0.3) is 0 Å². The molecule has 6 nitrogen and oxygen atoms in total. The molecule has 1 aliphatic heterocycles. The van der Waals surface area contributed by atoms with Gasteiger partial charge in [-0.2, -0.15) is 21.6 Å². The normalized spacial score (nSPS) is 27.9. The van der Waals surface area contributed by atoms with Gasteiger partial charge in [-0.3, -0.25) is 0 Å². The number of rotatable bonds is 2. The minimum absolute atomic E-state index is 0.0583. The van der Waals surface area contributed by atoms with Crippen molar-refractivity contribution >= 4 is 16.2 Å². The number of hydrogen-bond donors (Lipinski definition) is 0. The van der Waals surface area contributed by atoms with E-state index in [2.05, 4.69) is 4.18 Å². The smallest absolute Gasteiger partial charge is 0.444 e. The fourth-order valence-corrected chi connectivity index (χ4v) is 6.21. The summed E-state index contributed by atoms with van der Waals surface area (Å²) in [6.07, 6.45) is 4.58. The zero-order valence-electron chi connectivity index (χ0n) is 18.4. The van der Waals surface area contributed by atoms with E-state index < -0.39 is 21.2 Å². The minimum Gasteiger partial charge on any atom is -0.444 e. The van der Waals surface area contributed by atoms with E-state index in [0.717, 1.165) is 36.8 Å². The summed E-state index contributed by atoms with van der Waals surface area (Å²) in [5.41, 5.74) is -4.63. The van der Waals surface area contributed by atoms with Crippen molar-refractivity contribution in [2.45, 2.75) is 81.9 Å². The van der Waals surface area contributed by atoms with Crippen LogP contribution in [0.25, 0.3) is 0 Å². The summed E-state index contributed by atoms with van der Waals surface area (Å²) < 4.78 is 71.5. The molecule has 0 N–H and O–H groups in total. The van der Waals surface area contributed by atoms with Crippen LogP contribution in [-0.4, -0.2) is 43.1 Å². The number of likely N-dealkylation sites (tertiary alicyclic amines) is 1. The SMILES string of the molecule is CC(C)(C)OC(=O)N1CCC23CCCCC2C1Cc1ccc(OS(=O)(=O)C(F)(F)F)cc13. The van der Waals surface area contributed by atoms with Crippen LogP contribution in [0.4, 0.5) is 18.0 Å². The average molecular weight is 476 g/mol. The number of benzene rings is 1. The Bertz CT molecular complexity index is 1020. The number of alkyl halides is 3. The van der Waals surface area contributed by atoms with E-state index in [4.69, 9.17) is 4.74 Å². The summed E-state index contributed by atoms with van der Waals surface area (Å²) in [4.78, 5) is 14.7. The van der Waals surface area contributed by atoms with Crippen molar-refractivity contribution in [3.05, 3.63) is 29.3 Å². The van der Waals surface area contributed by atoms with Gasteiger partial charge in [0.05, 0.1) is 0 Å². The fourth-order valence-electron chi connectivity index (χ4n) is 5.76. The Morgan fingerprint density at radius 3 is 2.53 bits per heavy atom. The van der Waals surface area contributed by atoms with Crippen LogP contribution in [0.2, 0.25) is 0 Å². The molecule has 32 heavy (non-hydrogen) atoms. The number of amides is 1. The Kier molecular flexibility index (Phi) is 5.46. The fraction of sp³-hybridized carbons (Fsp3) is 0.682.